The number of nitrogens with zero attached hydrogens (tertiary/aromatic N) is 1. The van der Waals surface area contributed by atoms with Crippen LogP contribution in [0.3, 0.4) is 0 Å². The van der Waals surface area contributed by atoms with E-state index < -0.39 is 0 Å². The molecule has 0 bridgehead atoms. The molecule has 1 N–H and O–H groups in total. The van der Waals surface area contributed by atoms with Crippen molar-refractivity contribution in [3.8, 4) is 5.75 Å². The SMILES string of the molecule is COc1ccc(NC(=O)CN(C)[C@H](C)c2ccc(F)cc2)cc1. The Hall–Kier alpha value is -2.40. The Balaban J connectivity index is 1.91. The topological polar surface area (TPSA) is 41.6 Å². The Morgan fingerprint density at radius 1 is 1.17 bits per heavy atom. The zero-order valence-electron chi connectivity index (χ0n) is 13.5. The molecule has 0 saturated heterocycles. The molecule has 0 fully saturated rings. The summed E-state index contributed by atoms with van der Waals surface area (Å²) in [7, 11) is 3.46. The molecule has 2 aromatic carbocycles. The number of ether oxygens (including phenoxy) is 1. The summed E-state index contributed by atoms with van der Waals surface area (Å²) in [5.74, 6) is 0.373. The van der Waals surface area contributed by atoms with E-state index in [2.05, 4.69) is 5.32 Å². The summed E-state index contributed by atoms with van der Waals surface area (Å²) in [6, 6.07) is 13.5. The standard InChI is InChI=1S/C18H21FN2O2/c1-13(14-4-6-15(19)7-5-14)21(2)12-18(22)20-16-8-10-17(23-3)11-9-16/h4-11,13H,12H2,1-3H3,(H,20,22)/t13-/m1/s1. The number of hydrogen-bond donors (Lipinski definition) is 1. The number of anilines is 1. The minimum absolute atomic E-state index is 0.0113. The minimum atomic E-state index is -0.263. The Morgan fingerprint density at radius 3 is 2.35 bits per heavy atom. The number of likely N-dealkylation sites (N-methyl/N-ethyl adjacent to an activating group) is 1. The number of methoxy groups -OCH3 is 1. The van der Waals surface area contributed by atoms with Crippen LogP contribution in [0.1, 0.15) is 18.5 Å². The van der Waals surface area contributed by atoms with Crippen molar-refractivity contribution in [1.29, 1.82) is 0 Å². The van der Waals surface area contributed by atoms with Crippen molar-refractivity contribution in [3.05, 3.63) is 59.9 Å². The van der Waals surface area contributed by atoms with Gasteiger partial charge in [0, 0.05) is 11.7 Å². The summed E-state index contributed by atoms with van der Waals surface area (Å²) < 4.78 is 18.1. The summed E-state index contributed by atoms with van der Waals surface area (Å²) in [4.78, 5) is 14.0. The molecular weight excluding hydrogens is 295 g/mol. The van der Waals surface area contributed by atoms with E-state index >= 15 is 0 Å². The second-order valence-corrected chi connectivity index (χ2v) is 5.42. The highest BCUT2D eigenvalue weighted by atomic mass is 19.1. The van der Waals surface area contributed by atoms with Crippen LogP contribution >= 0.6 is 0 Å². The number of nitrogens with one attached hydrogen (secondary N) is 1. The summed E-state index contributed by atoms with van der Waals surface area (Å²) in [6.45, 7) is 2.22. The second kappa shape index (κ2) is 7.74. The average molecular weight is 316 g/mol. The van der Waals surface area contributed by atoms with Gasteiger partial charge in [0.05, 0.1) is 13.7 Å². The Bertz CT molecular complexity index is 641. The van der Waals surface area contributed by atoms with Crippen molar-refractivity contribution in [2.45, 2.75) is 13.0 Å². The van der Waals surface area contributed by atoms with E-state index in [1.807, 2.05) is 18.9 Å². The van der Waals surface area contributed by atoms with Crippen LogP contribution in [0.5, 0.6) is 5.75 Å². The van der Waals surface area contributed by atoms with Gasteiger partial charge in [-0.25, -0.2) is 4.39 Å². The van der Waals surface area contributed by atoms with Crippen LogP contribution < -0.4 is 10.1 Å². The lowest BCUT2D eigenvalue weighted by Crippen LogP contribution is -2.32. The lowest BCUT2D eigenvalue weighted by atomic mass is 10.1. The maximum absolute atomic E-state index is 13.0. The molecule has 1 atom stereocenters. The lowest BCUT2D eigenvalue weighted by molar-refractivity contribution is -0.117. The largest absolute Gasteiger partial charge is 0.497 e. The predicted molar refractivity (Wildman–Crippen MR) is 89.1 cm³/mol. The van der Waals surface area contributed by atoms with Crippen LogP contribution in [0.2, 0.25) is 0 Å². The summed E-state index contributed by atoms with van der Waals surface area (Å²) in [5.41, 5.74) is 1.68. The van der Waals surface area contributed by atoms with Gasteiger partial charge in [-0.1, -0.05) is 12.1 Å². The fraction of sp³-hybridized carbons (Fsp3) is 0.278. The highest BCUT2D eigenvalue weighted by molar-refractivity contribution is 5.92. The zero-order chi connectivity index (χ0) is 16.8. The van der Waals surface area contributed by atoms with E-state index in [0.29, 0.717) is 0 Å². The Labute approximate surface area is 135 Å². The van der Waals surface area contributed by atoms with Crippen molar-refractivity contribution in [3.63, 3.8) is 0 Å². The molecule has 0 saturated carbocycles. The molecule has 0 aliphatic rings. The fourth-order valence-corrected chi connectivity index (χ4v) is 2.23. The van der Waals surface area contributed by atoms with Gasteiger partial charge in [0.1, 0.15) is 11.6 Å². The molecule has 0 aliphatic carbocycles. The van der Waals surface area contributed by atoms with E-state index in [1.54, 1.807) is 43.5 Å². The number of carbonyl (C=O) groups is 1. The van der Waals surface area contributed by atoms with Crippen molar-refractivity contribution in [2.75, 3.05) is 26.0 Å². The van der Waals surface area contributed by atoms with Gasteiger partial charge in [-0.2, -0.15) is 0 Å². The van der Waals surface area contributed by atoms with E-state index in [4.69, 9.17) is 4.74 Å². The van der Waals surface area contributed by atoms with Gasteiger partial charge < -0.3 is 10.1 Å². The van der Waals surface area contributed by atoms with Crippen LogP contribution in [0.15, 0.2) is 48.5 Å². The van der Waals surface area contributed by atoms with Crippen molar-refractivity contribution < 1.29 is 13.9 Å². The third-order valence-corrected chi connectivity index (χ3v) is 3.78. The molecule has 0 radical (unpaired) electrons. The molecule has 0 unspecified atom stereocenters. The van der Waals surface area contributed by atoms with E-state index in [-0.39, 0.29) is 24.3 Å². The molecule has 5 heteroatoms. The maximum atomic E-state index is 13.0. The highest BCUT2D eigenvalue weighted by Gasteiger charge is 2.15. The molecule has 0 spiro atoms. The molecular formula is C18H21FN2O2. The van der Waals surface area contributed by atoms with Crippen LogP contribution in [0, 0.1) is 5.82 Å². The van der Waals surface area contributed by atoms with Gasteiger partial charge >= 0.3 is 0 Å². The molecule has 0 aromatic heterocycles. The van der Waals surface area contributed by atoms with E-state index in [1.165, 1.54) is 12.1 Å². The molecule has 0 aliphatic heterocycles. The number of benzene rings is 2. The normalized spacial score (nSPS) is 12.0. The Kier molecular flexibility index (Phi) is 5.71. The summed E-state index contributed by atoms with van der Waals surface area (Å²) in [5, 5.41) is 2.84. The van der Waals surface area contributed by atoms with Crippen LogP contribution in [0.4, 0.5) is 10.1 Å². The van der Waals surface area contributed by atoms with Crippen molar-refractivity contribution in [1.82, 2.24) is 4.90 Å². The molecule has 2 rings (SSSR count). The van der Waals surface area contributed by atoms with Crippen LogP contribution in [-0.4, -0.2) is 31.5 Å². The maximum Gasteiger partial charge on any atom is 0.238 e. The van der Waals surface area contributed by atoms with Crippen LogP contribution in [-0.2, 0) is 4.79 Å². The Morgan fingerprint density at radius 2 is 1.78 bits per heavy atom. The molecule has 23 heavy (non-hydrogen) atoms. The van der Waals surface area contributed by atoms with Crippen molar-refractivity contribution in [2.24, 2.45) is 0 Å². The van der Waals surface area contributed by atoms with Crippen molar-refractivity contribution >= 4 is 11.6 Å². The monoisotopic (exact) mass is 316 g/mol. The minimum Gasteiger partial charge on any atom is -0.497 e. The van der Waals surface area contributed by atoms with Gasteiger partial charge in [0.15, 0.2) is 0 Å². The number of rotatable bonds is 6. The number of carbonyl (C=O) groups excluding carboxylic acids is 1. The average Bonchev–Trinajstić information content (AvgIpc) is 2.55. The first kappa shape index (κ1) is 17.0. The summed E-state index contributed by atoms with van der Waals surface area (Å²) >= 11 is 0. The number of hydrogen-bond acceptors (Lipinski definition) is 3. The first-order chi connectivity index (χ1) is 11.0. The third kappa shape index (κ3) is 4.79. The smallest absolute Gasteiger partial charge is 0.238 e. The fourth-order valence-electron chi connectivity index (χ4n) is 2.23. The third-order valence-electron chi connectivity index (χ3n) is 3.78. The summed E-state index contributed by atoms with van der Waals surface area (Å²) in [6.07, 6.45) is 0. The van der Waals surface area contributed by atoms with Gasteiger partial charge in [-0.05, 0) is 55.9 Å². The van der Waals surface area contributed by atoms with Gasteiger partial charge in [0.25, 0.3) is 0 Å². The number of amides is 1. The first-order valence-electron chi connectivity index (χ1n) is 7.39. The van der Waals surface area contributed by atoms with E-state index in [0.717, 1.165) is 17.0 Å². The predicted octanol–water partition coefficient (Wildman–Crippen LogP) is 3.47. The molecule has 122 valence electrons. The molecule has 4 nitrogen and oxygen atoms in total. The first-order valence-corrected chi connectivity index (χ1v) is 7.39. The van der Waals surface area contributed by atoms with Gasteiger partial charge in [-0.3, -0.25) is 9.69 Å². The number of halogens is 1. The molecule has 2 aromatic rings. The van der Waals surface area contributed by atoms with Gasteiger partial charge in [-0.15, -0.1) is 0 Å². The molecule has 0 heterocycles. The zero-order valence-corrected chi connectivity index (χ0v) is 13.5. The highest BCUT2D eigenvalue weighted by Crippen LogP contribution is 2.19. The lowest BCUT2D eigenvalue weighted by Gasteiger charge is -2.24. The van der Waals surface area contributed by atoms with Crippen LogP contribution in [0.25, 0.3) is 0 Å². The molecule has 1 amide bonds. The second-order valence-electron chi connectivity index (χ2n) is 5.42. The van der Waals surface area contributed by atoms with E-state index in [9.17, 15) is 9.18 Å². The van der Waals surface area contributed by atoms with Gasteiger partial charge in [0.2, 0.25) is 5.91 Å². The quantitative estimate of drug-likeness (QED) is 0.887.